The lowest BCUT2D eigenvalue weighted by atomic mass is 9.92. The average Bonchev–Trinajstić information content (AvgIpc) is 2.89. The van der Waals surface area contributed by atoms with E-state index in [9.17, 15) is 0 Å². The maximum absolute atomic E-state index is 3.95. The molecule has 0 aromatic carbocycles. The third-order valence-electron chi connectivity index (χ3n) is 3.92. The van der Waals surface area contributed by atoms with Gasteiger partial charge < -0.3 is 5.32 Å². The van der Waals surface area contributed by atoms with Crippen molar-refractivity contribution in [1.82, 2.24) is 5.32 Å². The maximum Gasteiger partial charge on any atom is 0.0440 e. The Bertz CT molecular complexity index is 334. The van der Waals surface area contributed by atoms with Gasteiger partial charge in [0.2, 0.25) is 0 Å². The third-order valence-corrected chi connectivity index (χ3v) is 6.04. The van der Waals surface area contributed by atoms with E-state index in [0.29, 0.717) is 18.0 Å². The molecule has 0 amide bonds. The van der Waals surface area contributed by atoms with Crippen LogP contribution in [0.2, 0.25) is 0 Å². The smallest absolute Gasteiger partial charge is 0.0440 e. The van der Waals surface area contributed by atoms with Gasteiger partial charge in [0.1, 0.15) is 0 Å². The Balaban J connectivity index is 2.04. The highest BCUT2D eigenvalue weighted by molar-refractivity contribution is 7.99. The molecule has 1 aromatic rings. The third kappa shape index (κ3) is 3.52. The molecule has 0 saturated heterocycles. The van der Waals surface area contributed by atoms with Crippen molar-refractivity contribution in [3.05, 3.63) is 22.4 Å². The monoisotopic (exact) mass is 283 g/mol. The van der Waals surface area contributed by atoms with Gasteiger partial charge in [0.15, 0.2) is 0 Å². The Morgan fingerprint density at radius 1 is 1.33 bits per heavy atom. The van der Waals surface area contributed by atoms with Crippen LogP contribution < -0.4 is 5.32 Å². The summed E-state index contributed by atoms with van der Waals surface area (Å²) in [5.74, 6) is 0.660. The summed E-state index contributed by atoms with van der Waals surface area (Å²) in [7, 11) is 0. The Hall–Kier alpha value is 0.01000. The van der Waals surface area contributed by atoms with E-state index in [-0.39, 0.29) is 0 Å². The lowest BCUT2D eigenvalue weighted by Gasteiger charge is -2.35. The quantitative estimate of drug-likeness (QED) is 0.840. The predicted molar refractivity (Wildman–Crippen MR) is 84.6 cm³/mol. The zero-order valence-electron chi connectivity index (χ0n) is 11.7. The van der Waals surface area contributed by atoms with Crippen molar-refractivity contribution in [3.8, 4) is 0 Å². The van der Waals surface area contributed by atoms with Crippen molar-refractivity contribution in [3.63, 3.8) is 0 Å². The van der Waals surface area contributed by atoms with E-state index in [4.69, 9.17) is 0 Å². The topological polar surface area (TPSA) is 12.0 Å². The fourth-order valence-corrected chi connectivity index (χ4v) is 4.78. The highest BCUT2D eigenvalue weighted by Gasteiger charge is 2.28. The van der Waals surface area contributed by atoms with Crippen molar-refractivity contribution in [2.24, 2.45) is 5.92 Å². The Morgan fingerprint density at radius 3 is 2.72 bits per heavy atom. The fourth-order valence-electron chi connectivity index (χ4n) is 2.87. The number of thioether (sulfide) groups is 1. The van der Waals surface area contributed by atoms with E-state index >= 15 is 0 Å². The molecular weight excluding hydrogens is 258 g/mol. The highest BCUT2D eigenvalue weighted by Crippen LogP contribution is 2.32. The Kier molecular flexibility index (Phi) is 5.58. The van der Waals surface area contributed by atoms with Gasteiger partial charge in [0.05, 0.1) is 0 Å². The molecule has 3 unspecified atom stereocenters. The second-order valence-electron chi connectivity index (χ2n) is 5.57. The number of thiophene rings is 1. The van der Waals surface area contributed by atoms with Crippen LogP contribution in [0.25, 0.3) is 0 Å². The van der Waals surface area contributed by atoms with Gasteiger partial charge in [-0.3, -0.25) is 0 Å². The molecule has 2 rings (SSSR count). The second kappa shape index (κ2) is 6.97. The minimum absolute atomic E-state index is 0.530. The summed E-state index contributed by atoms with van der Waals surface area (Å²) in [6.45, 7) is 4.66. The SMILES string of the molecule is CSC1CCCCC1NC(c1cccs1)C(C)C. The summed E-state index contributed by atoms with van der Waals surface area (Å²) in [6.07, 6.45) is 7.80. The molecule has 1 aromatic heterocycles. The average molecular weight is 284 g/mol. The first-order valence-electron chi connectivity index (χ1n) is 7.04. The number of rotatable bonds is 5. The summed E-state index contributed by atoms with van der Waals surface area (Å²) in [4.78, 5) is 1.50. The summed E-state index contributed by atoms with van der Waals surface area (Å²) in [6, 6.07) is 5.68. The van der Waals surface area contributed by atoms with Gasteiger partial charge in [0.25, 0.3) is 0 Å². The first-order valence-corrected chi connectivity index (χ1v) is 9.21. The van der Waals surface area contributed by atoms with Gasteiger partial charge in [-0.25, -0.2) is 0 Å². The van der Waals surface area contributed by atoms with Gasteiger partial charge >= 0.3 is 0 Å². The molecule has 18 heavy (non-hydrogen) atoms. The highest BCUT2D eigenvalue weighted by atomic mass is 32.2. The van der Waals surface area contributed by atoms with Crippen LogP contribution in [0.4, 0.5) is 0 Å². The molecule has 1 fully saturated rings. The zero-order valence-corrected chi connectivity index (χ0v) is 13.3. The molecular formula is C15H25NS2. The molecule has 3 heteroatoms. The van der Waals surface area contributed by atoms with Crippen LogP contribution in [0.3, 0.4) is 0 Å². The van der Waals surface area contributed by atoms with E-state index < -0.39 is 0 Å². The van der Waals surface area contributed by atoms with Crippen molar-refractivity contribution >= 4 is 23.1 Å². The number of nitrogens with one attached hydrogen (secondary N) is 1. The molecule has 1 N–H and O–H groups in total. The molecule has 3 atom stereocenters. The molecule has 102 valence electrons. The largest absolute Gasteiger partial charge is 0.305 e. The van der Waals surface area contributed by atoms with E-state index in [2.05, 4.69) is 42.9 Å². The Labute approximate surface area is 120 Å². The van der Waals surface area contributed by atoms with Crippen molar-refractivity contribution < 1.29 is 0 Å². The second-order valence-corrected chi connectivity index (χ2v) is 7.63. The molecule has 0 radical (unpaired) electrons. The van der Waals surface area contributed by atoms with Gasteiger partial charge in [-0.05, 0) is 36.5 Å². The fraction of sp³-hybridized carbons (Fsp3) is 0.733. The molecule has 0 spiro atoms. The van der Waals surface area contributed by atoms with E-state index in [1.165, 1.54) is 30.6 Å². The first-order chi connectivity index (χ1) is 8.72. The molecule has 1 aliphatic carbocycles. The number of hydrogen-bond acceptors (Lipinski definition) is 3. The minimum Gasteiger partial charge on any atom is -0.305 e. The summed E-state index contributed by atoms with van der Waals surface area (Å²) < 4.78 is 0. The van der Waals surface area contributed by atoms with Crippen LogP contribution in [-0.2, 0) is 0 Å². The first kappa shape index (κ1) is 14.4. The van der Waals surface area contributed by atoms with Crippen LogP contribution in [0.5, 0.6) is 0 Å². The summed E-state index contributed by atoms with van der Waals surface area (Å²) >= 11 is 3.93. The zero-order chi connectivity index (χ0) is 13.0. The van der Waals surface area contributed by atoms with Crippen LogP contribution in [-0.4, -0.2) is 17.5 Å². The van der Waals surface area contributed by atoms with E-state index in [1.54, 1.807) is 0 Å². The minimum atomic E-state index is 0.530. The Morgan fingerprint density at radius 2 is 2.11 bits per heavy atom. The lowest BCUT2D eigenvalue weighted by Crippen LogP contribution is -2.43. The normalized spacial score (nSPS) is 26.4. The summed E-state index contributed by atoms with van der Waals surface area (Å²) in [5, 5.41) is 6.95. The molecule has 1 saturated carbocycles. The van der Waals surface area contributed by atoms with Crippen molar-refractivity contribution in [2.75, 3.05) is 6.26 Å². The van der Waals surface area contributed by atoms with E-state index in [0.717, 1.165) is 5.25 Å². The van der Waals surface area contributed by atoms with E-state index in [1.807, 2.05) is 23.1 Å². The molecule has 1 heterocycles. The van der Waals surface area contributed by atoms with Gasteiger partial charge in [-0.1, -0.05) is 32.8 Å². The molecule has 1 nitrogen and oxygen atoms in total. The molecule has 0 bridgehead atoms. The van der Waals surface area contributed by atoms with Gasteiger partial charge in [-0.2, -0.15) is 11.8 Å². The van der Waals surface area contributed by atoms with Crippen molar-refractivity contribution in [1.29, 1.82) is 0 Å². The maximum atomic E-state index is 3.95. The van der Waals surface area contributed by atoms with Crippen LogP contribution in [0.1, 0.15) is 50.4 Å². The van der Waals surface area contributed by atoms with Crippen molar-refractivity contribution in [2.45, 2.75) is 56.9 Å². The van der Waals surface area contributed by atoms with Crippen LogP contribution in [0, 0.1) is 5.92 Å². The molecule has 1 aliphatic rings. The van der Waals surface area contributed by atoms with Gasteiger partial charge in [0, 0.05) is 22.2 Å². The van der Waals surface area contributed by atoms with Crippen LogP contribution >= 0.6 is 23.1 Å². The molecule has 0 aliphatic heterocycles. The lowest BCUT2D eigenvalue weighted by molar-refractivity contribution is 0.310. The van der Waals surface area contributed by atoms with Gasteiger partial charge in [-0.15, -0.1) is 11.3 Å². The standard InChI is InChI=1S/C15H25NS2/c1-11(2)15(14-9-6-10-18-14)16-12-7-4-5-8-13(12)17-3/h6,9-13,15-16H,4-5,7-8H2,1-3H3. The van der Waals surface area contributed by atoms with Crippen LogP contribution in [0.15, 0.2) is 17.5 Å². The summed E-state index contributed by atoms with van der Waals surface area (Å²) in [5.41, 5.74) is 0. The number of hydrogen-bond donors (Lipinski definition) is 1. The predicted octanol–water partition coefficient (Wildman–Crippen LogP) is 4.71.